The largest absolute Gasteiger partial charge is 0.396 e. The average molecular weight is 485 g/mol. The first-order chi connectivity index (χ1) is 15.6. The molecular formula is C24H52O9. The Morgan fingerprint density at radius 1 is 0.727 bits per heavy atom. The van der Waals surface area contributed by atoms with Crippen LogP contribution in [0.4, 0.5) is 0 Å². The molecule has 0 amide bonds. The summed E-state index contributed by atoms with van der Waals surface area (Å²) in [4.78, 5) is 0. The third-order valence-electron chi connectivity index (χ3n) is 5.58. The van der Waals surface area contributed by atoms with Crippen molar-refractivity contribution in [2.75, 3.05) is 46.8 Å². The molecule has 202 valence electrons. The number of methoxy groups -OCH3 is 1. The van der Waals surface area contributed by atoms with Crippen LogP contribution < -0.4 is 0 Å². The molecule has 0 fully saturated rings. The van der Waals surface area contributed by atoms with E-state index >= 15 is 0 Å². The van der Waals surface area contributed by atoms with Gasteiger partial charge in [0.1, 0.15) is 0 Å². The lowest BCUT2D eigenvalue weighted by Gasteiger charge is -2.32. The van der Waals surface area contributed by atoms with Crippen LogP contribution >= 0.6 is 0 Å². The van der Waals surface area contributed by atoms with Crippen molar-refractivity contribution in [3.05, 3.63) is 0 Å². The second kappa shape index (κ2) is 22.1. The highest BCUT2D eigenvalue weighted by atomic mass is 16.5. The van der Waals surface area contributed by atoms with Gasteiger partial charge in [0.2, 0.25) is 0 Å². The Bertz CT molecular complexity index is 405. The third kappa shape index (κ3) is 20.7. The molecular weight excluding hydrogens is 432 g/mol. The number of rotatable bonds is 20. The number of ether oxygens (including phenoxy) is 2. The highest BCUT2D eigenvalue weighted by molar-refractivity contribution is 4.78. The van der Waals surface area contributed by atoms with Gasteiger partial charge in [0.25, 0.3) is 0 Å². The Kier molecular flexibility index (Phi) is 23.3. The van der Waals surface area contributed by atoms with Gasteiger partial charge in [0, 0.05) is 12.5 Å². The van der Waals surface area contributed by atoms with Crippen LogP contribution in [0.2, 0.25) is 0 Å². The molecule has 0 aromatic carbocycles. The van der Waals surface area contributed by atoms with Crippen LogP contribution in [-0.2, 0) is 9.47 Å². The predicted molar refractivity (Wildman–Crippen MR) is 128 cm³/mol. The summed E-state index contributed by atoms with van der Waals surface area (Å²) in [7, 11) is 1.53. The maximum Gasteiger partial charge on any atom is 0.0773 e. The zero-order valence-electron chi connectivity index (χ0n) is 21.2. The Balaban J connectivity index is 0. The number of aliphatic hydroxyl groups excluding tert-OH is 7. The van der Waals surface area contributed by atoms with E-state index in [9.17, 15) is 15.3 Å². The van der Waals surface area contributed by atoms with Gasteiger partial charge in [-0.1, -0.05) is 20.8 Å². The van der Waals surface area contributed by atoms with Gasteiger partial charge in [-0.15, -0.1) is 0 Å². The van der Waals surface area contributed by atoms with E-state index in [1.54, 1.807) is 0 Å². The summed E-state index contributed by atoms with van der Waals surface area (Å²) in [5.74, 6) is 0.491. The van der Waals surface area contributed by atoms with Crippen LogP contribution in [-0.4, -0.2) is 107 Å². The molecule has 9 nitrogen and oxygen atoms in total. The van der Waals surface area contributed by atoms with Gasteiger partial charge in [-0.05, 0) is 57.3 Å². The smallest absolute Gasteiger partial charge is 0.0773 e. The molecule has 5 unspecified atom stereocenters. The van der Waals surface area contributed by atoms with Gasteiger partial charge in [-0.3, -0.25) is 0 Å². The van der Waals surface area contributed by atoms with E-state index in [-0.39, 0.29) is 31.8 Å². The molecule has 0 saturated carbocycles. The summed E-state index contributed by atoms with van der Waals surface area (Å²) in [6.07, 6.45) is 2.87. The molecule has 0 aromatic rings. The van der Waals surface area contributed by atoms with Crippen LogP contribution in [0.15, 0.2) is 0 Å². The molecule has 0 heterocycles. The minimum absolute atomic E-state index is 0.0977. The quantitative estimate of drug-likeness (QED) is 0.133. The molecule has 0 aromatic heterocycles. The molecule has 33 heavy (non-hydrogen) atoms. The van der Waals surface area contributed by atoms with E-state index < -0.39 is 24.4 Å². The first-order valence-corrected chi connectivity index (χ1v) is 12.2. The average Bonchev–Trinajstić information content (AvgIpc) is 2.78. The van der Waals surface area contributed by atoms with Crippen molar-refractivity contribution in [1.29, 1.82) is 0 Å². The second-order valence-electron chi connectivity index (χ2n) is 9.42. The van der Waals surface area contributed by atoms with Crippen molar-refractivity contribution in [2.45, 2.75) is 96.6 Å². The fraction of sp³-hybridized carbons (Fsp3) is 1.00. The molecule has 0 radical (unpaired) electrons. The molecule has 0 rings (SSSR count). The van der Waals surface area contributed by atoms with Gasteiger partial charge in [0.15, 0.2) is 0 Å². The Morgan fingerprint density at radius 2 is 1.18 bits per heavy atom. The molecule has 0 aliphatic rings. The lowest BCUT2D eigenvalue weighted by Crippen LogP contribution is -2.33. The monoisotopic (exact) mass is 484 g/mol. The highest BCUT2D eigenvalue weighted by Crippen LogP contribution is 2.30. The summed E-state index contributed by atoms with van der Waals surface area (Å²) in [5.41, 5.74) is -0.221. The third-order valence-corrected chi connectivity index (χ3v) is 5.58. The Morgan fingerprint density at radius 3 is 1.55 bits per heavy atom. The lowest BCUT2D eigenvalue weighted by molar-refractivity contribution is -0.0402. The number of hydrogen-bond donors (Lipinski definition) is 7. The van der Waals surface area contributed by atoms with E-state index in [1.165, 1.54) is 7.11 Å². The van der Waals surface area contributed by atoms with Crippen molar-refractivity contribution < 1.29 is 45.2 Å². The van der Waals surface area contributed by atoms with Crippen LogP contribution in [0.3, 0.4) is 0 Å². The van der Waals surface area contributed by atoms with Gasteiger partial charge >= 0.3 is 0 Å². The van der Waals surface area contributed by atoms with Crippen LogP contribution in [0.1, 0.15) is 72.1 Å². The maximum atomic E-state index is 9.83. The lowest BCUT2D eigenvalue weighted by atomic mass is 9.79. The second-order valence-corrected chi connectivity index (χ2v) is 9.42. The summed E-state index contributed by atoms with van der Waals surface area (Å²) in [5, 5.41) is 63.9. The fourth-order valence-corrected chi connectivity index (χ4v) is 3.52. The van der Waals surface area contributed by atoms with Gasteiger partial charge in [-0.2, -0.15) is 0 Å². The molecule has 0 aliphatic carbocycles. The number of hydrogen-bond acceptors (Lipinski definition) is 9. The van der Waals surface area contributed by atoms with E-state index in [0.29, 0.717) is 57.7 Å². The summed E-state index contributed by atoms with van der Waals surface area (Å²) in [6.45, 7) is 6.98. The van der Waals surface area contributed by atoms with E-state index in [0.717, 1.165) is 12.8 Å². The first-order valence-electron chi connectivity index (χ1n) is 12.2. The van der Waals surface area contributed by atoms with Gasteiger partial charge in [0.05, 0.1) is 64.1 Å². The fourth-order valence-electron chi connectivity index (χ4n) is 3.52. The topological polar surface area (TPSA) is 160 Å². The molecule has 0 bridgehead atoms. The zero-order chi connectivity index (χ0) is 25.7. The molecule has 5 atom stereocenters. The van der Waals surface area contributed by atoms with Crippen molar-refractivity contribution in [1.82, 2.24) is 0 Å². The minimum atomic E-state index is -0.703. The summed E-state index contributed by atoms with van der Waals surface area (Å²) in [6, 6.07) is 0. The standard InChI is InChI=1S/C16H34O5.C8H18O4/c1-4-16(11-18,8-13(2)3)12-21-10-15(20)7-5-6-14(19)9-17;1-12-6-8(11)4-2-3-7(10)5-9/h13-15,17-20H,4-12H2,1-3H3;7-11H,2-6H2,1H3. The minimum Gasteiger partial charge on any atom is -0.396 e. The summed E-state index contributed by atoms with van der Waals surface area (Å²) >= 11 is 0. The Labute approximate surface area is 200 Å². The molecule has 0 saturated heterocycles. The van der Waals surface area contributed by atoms with Crippen molar-refractivity contribution in [2.24, 2.45) is 11.3 Å². The SMILES string of the molecule is CCC(CO)(COCC(O)CCCC(O)CO)CC(C)C.COCC(O)CCCC(O)CO. The van der Waals surface area contributed by atoms with E-state index in [4.69, 9.17) is 29.9 Å². The van der Waals surface area contributed by atoms with Crippen molar-refractivity contribution >= 4 is 0 Å². The molecule has 0 aliphatic heterocycles. The first kappa shape index (κ1) is 34.8. The molecule has 7 N–H and O–H groups in total. The van der Waals surface area contributed by atoms with Crippen LogP contribution in [0.25, 0.3) is 0 Å². The predicted octanol–water partition coefficient (Wildman–Crippen LogP) is 0.839. The summed E-state index contributed by atoms with van der Waals surface area (Å²) < 4.78 is 10.3. The van der Waals surface area contributed by atoms with Crippen LogP contribution in [0, 0.1) is 11.3 Å². The normalized spacial score (nSPS) is 17.1. The van der Waals surface area contributed by atoms with Crippen molar-refractivity contribution in [3.8, 4) is 0 Å². The van der Waals surface area contributed by atoms with Crippen molar-refractivity contribution in [3.63, 3.8) is 0 Å². The van der Waals surface area contributed by atoms with Gasteiger partial charge < -0.3 is 45.2 Å². The van der Waals surface area contributed by atoms with E-state index in [1.807, 2.05) is 0 Å². The van der Waals surface area contributed by atoms with Gasteiger partial charge in [-0.25, -0.2) is 0 Å². The Hall–Kier alpha value is -0.360. The molecule has 9 heteroatoms. The van der Waals surface area contributed by atoms with E-state index in [2.05, 4.69) is 20.8 Å². The number of aliphatic hydroxyl groups is 7. The zero-order valence-corrected chi connectivity index (χ0v) is 21.2. The highest BCUT2D eigenvalue weighted by Gasteiger charge is 2.29. The molecule has 0 spiro atoms. The maximum absolute atomic E-state index is 9.83. The van der Waals surface area contributed by atoms with Crippen LogP contribution in [0.5, 0.6) is 0 Å².